The largest absolute Gasteiger partial charge is 1.00 e. The molecule has 0 radical (unpaired) electrons. The predicted octanol–water partition coefficient (Wildman–Crippen LogP) is -10.5. The molecule has 2 aliphatic rings. The summed E-state index contributed by atoms with van der Waals surface area (Å²) in [6.45, 7) is -1.79. The van der Waals surface area contributed by atoms with Gasteiger partial charge in [0.1, 0.15) is 48.5 Å². The van der Waals surface area contributed by atoms with Gasteiger partial charge in [-0.2, -0.15) is 0 Å². The molecule has 2 aliphatic heterocycles. The van der Waals surface area contributed by atoms with E-state index in [4.69, 9.17) is 20.3 Å². The molecule has 38 heavy (non-hydrogen) atoms. The number of nitrogen functional groups attached to an aromatic ring is 1. The number of nitrogens with zero attached hydrogens (tertiary/aromatic N) is 4. The van der Waals surface area contributed by atoms with Crippen molar-refractivity contribution in [2.45, 2.75) is 49.1 Å². The second-order valence-electron chi connectivity index (χ2n) is 7.71. The van der Waals surface area contributed by atoms with Crippen LogP contribution < -0.4 is 74.6 Å². The predicted molar refractivity (Wildman–Crippen MR) is 107 cm³/mol. The normalized spacial score (nSPS) is 34.3. The maximum Gasteiger partial charge on any atom is 1.00 e. The van der Waals surface area contributed by atoms with Crippen LogP contribution in [0.25, 0.3) is 11.2 Å². The smallest absolute Gasteiger partial charge is 0.756 e. The molecule has 0 spiro atoms. The number of aliphatic hydroxyl groups is 5. The first-order valence-corrected chi connectivity index (χ1v) is 13.0. The number of ether oxygens (including phenoxy) is 2. The summed E-state index contributed by atoms with van der Waals surface area (Å²) >= 11 is 0. The SMILES string of the molecule is Nc1ncnc2c1ncn2[C@@H]1O[C@H](COP(=O)([O-])OP(=O)([O-])O[C@@H]2O[C@H](CO)[C@@H](O)[C@H]2O)[C@@H](O)[C@H]1O.[Na+].[Na+]. The number of rotatable bonds is 9. The van der Waals surface area contributed by atoms with E-state index in [1.807, 2.05) is 0 Å². The third-order valence-electron chi connectivity index (χ3n) is 5.33. The molecule has 10 atom stereocenters. The van der Waals surface area contributed by atoms with Gasteiger partial charge in [0.15, 0.2) is 24.0 Å². The van der Waals surface area contributed by atoms with Crippen molar-refractivity contribution in [2.24, 2.45) is 0 Å². The van der Waals surface area contributed by atoms with Crippen molar-refractivity contribution >= 4 is 32.6 Å². The number of imidazole rings is 1. The molecule has 2 aromatic rings. The zero-order valence-corrected chi connectivity index (χ0v) is 25.6. The number of phosphoric acid groups is 2. The van der Waals surface area contributed by atoms with Crippen molar-refractivity contribution in [3.05, 3.63) is 12.7 Å². The van der Waals surface area contributed by atoms with Gasteiger partial charge in [-0.3, -0.25) is 18.2 Å². The Morgan fingerprint density at radius 3 is 2.26 bits per heavy atom. The van der Waals surface area contributed by atoms with Crippen LogP contribution in [0.2, 0.25) is 0 Å². The molecule has 202 valence electrons. The number of fused-ring (bicyclic) bond motifs is 1. The average Bonchev–Trinajstić information content (AvgIpc) is 3.43. The van der Waals surface area contributed by atoms with Crippen LogP contribution in [0, 0.1) is 0 Å². The van der Waals surface area contributed by atoms with Gasteiger partial charge in [0.2, 0.25) is 0 Å². The van der Waals surface area contributed by atoms with Crippen molar-refractivity contribution in [1.82, 2.24) is 19.5 Å². The van der Waals surface area contributed by atoms with E-state index in [2.05, 4.69) is 28.3 Å². The molecular weight excluding hydrogens is 582 g/mol. The summed E-state index contributed by atoms with van der Waals surface area (Å²) < 4.78 is 48.1. The molecule has 19 nitrogen and oxygen atoms in total. The van der Waals surface area contributed by atoms with Gasteiger partial charge in [0, 0.05) is 0 Å². The third-order valence-corrected chi connectivity index (χ3v) is 7.86. The van der Waals surface area contributed by atoms with Crippen LogP contribution in [0.1, 0.15) is 6.23 Å². The number of hydrogen-bond acceptors (Lipinski definition) is 18. The van der Waals surface area contributed by atoms with Crippen LogP contribution in [0.5, 0.6) is 0 Å². The molecule has 0 aliphatic carbocycles. The molecular formula is C15H21N5Na2O14P2. The van der Waals surface area contributed by atoms with E-state index in [0.717, 1.165) is 6.33 Å². The van der Waals surface area contributed by atoms with Crippen LogP contribution in [0.3, 0.4) is 0 Å². The quantitative estimate of drug-likeness (QED) is 0.114. The molecule has 0 saturated carbocycles. The Morgan fingerprint density at radius 1 is 0.974 bits per heavy atom. The summed E-state index contributed by atoms with van der Waals surface area (Å²) in [4.78, 5) is 35.7. The van der Waals surface area contributed by atoms with Gasteiger partial charge in [-0.05, 0) is 0 Å². The summed E-state index contributed by atoms with van der Waals surface area (Å²) in [5.41, 5.74) is 6.03. The fourth-order valence-electron chi connectivity index (χ4n) is 3.56. The van der Waals surface area contributed by atoms with E-state index in [-0.39, 0.29) is 76.1 Å². The first-order valence-electron chi connectivity index (χ1n) is 10.1. The van der Waals surface area contributed by atoms with Crippen molar-refractivity contribution in [2.75, 3.05) is 18.9 Å². The Morgan fingerprint density at radius 2 is 1.63 bits per heavy atom. The number of hydrogen-bond donors (Lipinski definition) is 6. The Bertz CT molecular complexity index is 1200. The van der Waals surface area contributed by atoms with E-state index < -0.39 is 78.0 Å². The first-order chi connectivity index (χ1) is 16.8. The average molecular weight is 603 g/mol. The standard InChI is InChI=1S/C15H23N5O14P2.2Na/c16-12-7-13(18-3-17-12)20(4-19-7)14-10(24)9(23)6(31-14)2-30-35(26,27)34-36(28,29)33-15-11(25)8(22)5(1-21)32-15;;/h3-6,8-11,14-15,21-25H,1-2H2,(H,26,27)(H,28,29)(H2,16,17,18);;/q;2*+1/p-2/t5-,6-,8-,9-,10-,11-,14-,15+;;/m1../s1. The van der Waals surface area contributed by atoms with Gasteiger partial charge in [-0.1, -0.05) is 0 Å². The fourth-order valence-corrected chi connectivity index (χ4v) is 5.64. The molecule has 2 fully saturated rings. The Kier molecular flexibility index (Phi) is 12.3. The molecule has 0 bridgehead atoms. The van der Waals surface area contributed by atoms with E-state index >= 15 is 0 Å². The van der Waals surface area contributed by atoms with E-state index in [9.17, 15) is 39.3 Å². The summed E-state index contributed by atoms with van der Waals surface area (Å²) in [7, 11) is -11.4. The molecule has 4 rings (SSSR count). The molecule has 2 unspecified atom stereocenters. The number of phosphoric ester groups is 2. The van der Waals surface area contributed by atoms with Gasteiger partial charge < -0.3 is 55.1 Å². The summed E-state index contributed by atoms with van der Waals surface area (Å²) in [6.07, 6.45) is -10.9. The molecule has 0 aromatic carbocycles. The maximum atomic E-state index is 12.0. The summed E-state index contributed by atoms with van der Waals surface area (Å²) in [6, 6.07) is 0. The topological polar surface area (TPSA) is 297 Å². The minimum atomic E-state index is -5.76. The van der Waals surface area contributed by atoms with E-state index in [0.29, 0.717) is 0 Å². The van der Waals surface area contributed by atoms with Gasteiger partial charge in [-0.25, -0.2) is 19.3 Å². The maximum absolute atomic E-state index is 12.0. The zero-order chi connectivity index (χ0) is 26.4. The fraction of sp³-hybridized carbons (Fsp3) is 0.667. The number of nitrogens with two attached hydrogens (primary N) is 1. The van der Waals surface area contributed by atoms with Crippen molar-refractivity contribution < 1.29 is 126 Å². The van der Waals surface area contributed by atoms with Gasteiger partial charge in [0.25, 0.3) is 15.6 Å². The Hall–Kier alpha value is 0.330. The first kappa shape index (κ1) is 34.5. The molecule has 2 aromatic heterocycles. The second kappa shape index (κ2) is 13.5. The Labute approximate surface area is 257 Å². The van der Waals surface area contributed by atoms with Crippen LogP contribution in [0.4, 0.5) is 5.82 Å². The van der Waals surface area contributed by atoms with Crippen LogP contribution >= 0.6 is 15.6 Å². The summed E-state index contributed by atoms with van der Waals surface area (Å²) in [5.74, 6) is 0.0392. The number of aromatic nitrogens is 4. The third kappa shape index (κ3) is 7.39. The zero-order valence-electron chi connectivity index (χ0n) is 19.9. The van der Waals surface area contributed by atoms with Gasteiger partial charge in [0.05, 0.1) is 19.5 Å². The molecule has 0 amide bonds. The molecule has 2 saturated heterocycles. The Balaban J connectivity index is 0.00000253. The van der Waals surface area contributed by atoms with Gasteiger partial charge >= 0.3 is 59.1 Å². The van der Waals surface area contributed by atoms with E-state index in [1.54, 1.807) is 0 Å². The molecule has 7 N–H and O–H groups in total. The molecule has 4 heterocycles. The molecule has 23 heteroatoms. The summed E-state index contributed by atoms with van der Waals surface area (Å²) in [5, 5.41) is 49.0. The monoisotopic (exact) mass is 603 g/mol. The minimum Gasteiger partial charge on any atom is -0.756 e. The minimum absolute atomic E-state index is 0. The van der Waals surface area contributed by atoms with Crippen molar-refractivity contribution in [3.63, 3.8) is 0 Å². The number of aliphatic hydroxyl groups excluding tert-OH is 5. The second-order valence-corrected chi connectivity index (χ2v) is 10.6. The van der Waals surface area contributed by atoms with Crippen molar-refractivity contribution in [3.8, 4) is 0 Å². The van der Waals surface area contributed by atoms with Gasteiger partial charge in [-0.15, -0.1) is 0 Å². The van der Waals surface area contributed by atoms with Crippen LogP contribution in [-0.2, 0) is 32.0 Å². The van der Waals surface area contributed by atoms with Crippen LogP contribution in [-0.4, -0.2) is 101 Å². The number of anilines is 1. The van der Waals surface area contributed by atoms with Crippen molar-refractivity contribution in [1.29, 1.82) is 0 Å². The van der Waals surface area contributed by atoms with E-state index in [1.165, 1.54) is 10.9 Å². The van der Waals surface area contributed by atoms with Crippen LogP contribution in [0.15, 0.2) is 12.7 Å².